The summed E-state index contributed by atoms with van der Waals surface area (Å²) in [5, 5.41) is 15.5. The fraction of sp³-hybridized carbons (Fsp3) is 0.769. The van der Waals surface area contributed by atoms with Crippen molar-refractivity contribution in [3.05, 3.63) is 24.3 Å². The highest BCUT2D eigenvalue weighted by Gasteiger charge is 2.16. The Hall–Kier alpha value is -1.66. The van der Waals surface area contributed by atoms with Crippen LogP contribution in [0.5, 0.6) is 0 Å². The van der Waals surface area contributed by atoms with Gasteiger partial charge in [0.05, 0.1) is 6.61 Å². The van der Waals surface area contributed by atoms with E-state index in [9.17, 15) is 14.7 Å². The van der Waals surface area contributed by atoms with Crippen LogP contribution < -0.4 is 10.6 Å². The fourth-order valence-electron chi connectivity index (χ4n) is 3.74. The third-order valence-corrected chi connectivity index (χ3v) is 5.32. The maximum absolute atomic E-state index is 12.2. The van der Waals surface area contributed by atoms with E-state index in [1.807, 2.05) is 27.7 Å². The van der Waals surface area contributed by atoms with Gasteiger partial charge in [-0.15, -0.1) is 0 Å². The van der Waals surface area contributed by atoms with Crippen LogP contribution in [0, 0.1) is 0 Å². The molecule has 186 valence electrons. The maximum atomic E-state index is 12.2. The Kier molecular flexibility index (Phi) is 20.1. The lowest BCUT2D eigenvalue weighted by atomic mass is 10.1. The number of rotatable bonds is 20. The summed E-state index contributed by atoms with van der Waals surface area (Å²) in [6.45, 7) is 9.92. The average Bonchev–Trinajstić information content (AvgIpc) is 2.73. The van der Waals surface area contributed by atoms with E-state index in [1.54, 1.807) is 0 Å². The number of aliphatic hydroxyl groups is 1. The summed E-state index contributed by atoms with van der Waals surface area (Å²) in [6.07, 6.45) is 17.9. The molecule has 0 radical (unpaired) electrons. The number of carbonyl (C=O) groups is 2. The number of hydrogen-bond acceptors (Lipinski definition) is 4. The second kappa shape index (κ2) is 21.2. The summed E-state index contributed by atoms with van der Waals surface area (Å²) in [5.41, 5.74) is 0. The highest BCUT2D eigenvalue weighted by Crippen LogP contribution is 2.06. The molecule has 0 aliphatic rings. The third-order valence-electron chi connectivity index (χ3n) is 5.32. The monoisotopic (exact) mass is 451 g/mol. The largest absolute Gasteiger partial charge is 0.395 e. The van der Waals surface area contributed by atoms with Crippen molar-refractivity contribution in [2.45, 2.75) is 104 Å². The van der Waals surface area contributed by atoms with E-state index in [0.717, 1.165) is 51.4 Å². The lowest BCUT2D eigenvalue weighted by Crippen LogP contribution is -2.48. The van der Waals surface area contributed by atoms with E-state index >= 15 is 0 Å². The van der Waals surface area contributed by atoms with Gasteiger partial charge in [0.25, 0.3) is 0 Å². The molecule has 6 nitrogen and oxygen atoms in total. The minimum Gasteiger partial charge on any atom is -0.395 e. The number of hydrogen-bond donors (Lipinski definition) is 3. The Morgan fingerprint density at radius 3 is 1.59 bits per heavy atom. The fourth-order valence-corrected chi connectivity index (χ4v) is 3.74. The molecule has 0 fully saturated rings. The lowest BCUT2D eigenvalue weighted by Gasteiger charge is -2.28. The van der Waals surface area contributed by atoms with E-state index in [2.05, 4.69) is 39.8 Å². The van der Waals surface area contributed by atoms with Gasteiger partial charge in [-0.1, -0.05) is 37.1 Å². The highest BCUT2D eigenvalue weighted by atomic mass is 16.3. The Balaban J connectivity index is 4.15. The van der Waals surface area contributed by atoms with E-state index in [0.29, 0.717) is 32.5 Å². The van der Waals surface area contributed by atoms with Crippen LogP contribution in [0.15, 0.2) is 24.3 Å². The van der Waals surface area contributed by atoms with Crippen LogP contribution in [0.4, 0.5) is 0 Å². The number of unbranched alkanes of at least 4 members (excludes halogenated alkanes) is 6. The summed E-state index contributed by atoms with van der Waals surface area (Å²) >= 11 is 0. The van der Waals surface area contributed by atoms with Crippen LogP contribution >= 0.6 is 0 Å². The van der Waals surface area contributed by atoms with Crippen LogP contribution in [0.2, 0.25) is 0 Å². The van der Waals surface area contributed by atoms with Crippen molar-refractivity contribution < 1.29 is 14.7 Å². The van der Waals surface area contributed by atoms with Gasteiger partial charge in [0.1, 0.15) is 0 Å². The first-order chi connectivity index (χ1) is 15.4. The summed E-state index contributed by atoms with van der Waals surface area (Å²) in [4.78, 5) is 26.5. The van der Waals surface area contributed by atoms with Crippen molar-refractivity contribution in [2.75, 3.05) is 26.2 Å². The van der Waals surface area contributed by atoms with Gasteiger partial charge in [-0.25, -0.2) is 0 Å². The van der Waals surface area contributed by atoms with Gasteiger partial charge in [0.15, 0.2) is 0 Å². The molecule has 6 heteroatoms. The van der Waals surface area contributed by atoms with Crippen LogP contribution in [0.1, 0.15) is 91.9 Å². The number of allylic oxidation sites excluding steroid dienone is 4. The molecule has 0 aliphatic carbocycles. The second-order valence-electron chi connectivity index (χ2n) is 8.76. The Bertz CT molecular complexity index is 490. The van der Waals surface area contributed by atoms with Gasteiger partial charge in [-0.2, -0.15) is 0 Å². The molecule has 3 N–H and O–H groups in total. The molecule has 0 rings (SSSR count). The molecule has 2 atom stereocenters. The molecule has 0 saturated heterocycles. The molecular weight excluding hydrogens is 402 g/mol. The molecule has 32 heavy (non-hydrogen) atoms. The molecule has 0 aromatic rings. The Labute approximate surface area is 196 Å². The molecule has 0 bridgehead atoms. The number of aliphatic hydroxyl groups excluding tert-OH is 1. The second-order valence-corrected chi connectivity index (χ2v) is 8.76. The Morgan fingerprint density at radius 1 is 0.781 bits per heavy atom. The van der Waals surface area contributed by atoms with Gasteiger partial charge >= 0.3 is 0 Å². The first-order valence-electron chi connectivity index (χ1n) is 12.6. The number of nitrogens with one attached hydrogen (secondary N) is 2. The summed E-state index contributed by atoms with van der Waals surface area (Å²) in [7, 11) is 0. The van der Waals surface area contributed by atoms with Crippen LogP contribution in [0.3, 0.4) is 0 Å². The Morgan fingerprint density at radius 2 is 1.22 bits per heavy atom. The van der Waals surface area contributed by atoms with Crippen molar-refractivity contribution in [3.63, 3.8) is 0 Å². The van der Waals surface area contributed by atoms with Crippen LogP contribution in [0.25, 0.3) is 0 Å². The van der Waals surface area contributed by atoms with Gasteiger partial charge < -0.3 is 15.7 Å². The normalized spacial score (nSPS) is 13.7. The molecule has 2 amide bonds. The van der Waals surface area contributed by atoms with Gasteiger partial charge in [0.2, 0.25) is 11.8 Å². The van der Waals surface area contributed by atoms with Crippen LogP contribution in [-0.4, -0.2) is 60.1 Å². The van der Waals surface area contributed by atoms with E-state index in [4.69, 9.17) is 0 Å². The van der Waals surface area contributed by atoms with Gasteiger partial charge in [0, 0.05) is 44.6 Å². The zero-order chi connectivity index (χ0) is 24.0. The van der Waals surface area contributed by atoms with Crippen molar-refractivity contribution in [3.8, 4) is 0 Å². The molecule has 0 saturated carbocycles. The maximum Gasteiger partial charge on any atom is 0.220 e. The molecule has 2 unspecified atom stereocenters. The quantitative estimate of drug-likeness (QED) is 0.190. The molecule has 0 aliphatic heterocycles. The highest BCUT2D eigenvalue weighted by molar-refractivity contribution is 5.76. The number of carbonyl (C=O) groups excluding carboxylic acids is 2. The van der Waals surface area contributed by atoms with E-state index in [1.165, 1.54) is 0 Å². The zero-order valence-electron chi connectivity index (χ0n) is 21.1. The zero-order valence-corrected chi connectivity index (χ0v) is 21.1. The minimum atomic E-state index is -0.00264. The van der Waals surface area contributed by atoms with E-state index < -0.39 is 0 Å². The van der Waals surface area contributed by atoms with Crippen molar-refractivity contribution >= 4 is 11.8 Å². The topological polar surface area (TPSA) is 81.7 Å². The summed E-state index contributed by atoms with van der Waals surface area (Å²) in [5.74, 6) is 0.173. The predicted octanol–water partition coefficient (Wildman–Crippen LogP) is 4.34. The van der Waals surface area contributed by atoms with Crippen LogP contribution in [-0.2, 0) is 9.59 Å². The molecule has 0 spiro atoms. The summed E-state index contributed by atoms with van der Waals surface area (Å²) < 4.78 is 0. The SMILES string of the molecule is C/C=C/CCCCCC(=O)NC(C)CN(CCO)CC(C)NC(=O)CCCCC/C=C/C. The smallest absolute Gasteiger partial charge is 0.220 e. The van der Waals surface area contributed by atoms with Gasteiger partial charge in [-0.05, 0) is 66.2 Å². The molecule has 0 aromatic carbocycles. The number of nitrogens with zero attached hydrogens (tertiary/aromatic N) is 1. The van der Waals surface area contributed by atoms with Crippen molar-refractivity contribution in [1.29, 1.82) is 0 Å². The first-order valence-corrected chi connectivity index (χ1v) is 12.6. The third kappa shape index (κ3) is 19.1. The predicted molar refractivity (Wildman–Crippen MR) is 135 cm³/mol. The number of amides is 2. The molecular formula is C26H49N3O3. The average molecular weight is 452 g/mol. The summed E-state index contributed by atoms with van der Waals surface area (Å²) in [6, 6.07) is -0.00528. The van der Waals surface area contributed by atoms with Crippen molar-refractivity contribution in [1.82, 2.24) is 15.5 Å². The van der Waals surface area contributed by atoms with Crippen molar-refractivity contribution in [2.24, 2.45) is 0 Å². The van der Waals surface area contributed by atoms with Gasteiger partial charge in [-0.3, -0.25) is 14.5 Å². The van der Waals surface area contributed by atoms with E-state index in [-0.39, 0.29) is 30.5 Å². The first kappa shape index (κ1) is 30.3. The lowest BCUT2D eigenvalue weighted by molar-refractivity contribution is -0.122. The standard InChI is InChI=1S/C26H49N3O3/c1-5-7-9-11-13-15-17-25(31)27-23(3)21-29(19-20-30)22-24(4)28-26(32)18-16-14-12-10-8-6-2/h5-8,23-24,30H,9-22H2,1-4H3,(H,27,31)(H,28,32)/b7-5+,8-6+. The molecule has 0 heterocycles. The minimum absolute atomic E-state index is 0.00264. The molecule has 0 aromatic heterocycles.